The summed E-state index contributed by atoms with van der Waals surface area (Å²) in [5, 5.41) is 8.59. The first-order valence-electron chi connectivity index (χ1n) is 4.78. The summed E-state index contributed by atoms with van der Waals surface area (Å²) in [5.74, 6) is -1.76. The van der Waals surface area contributed by atoms with E-state index in [1.54, 1.807) is 6.08 Å². The fraction of sp³-hybridized carbons (Fsp3) is 0.273. The zero-order valence-electron chi connectivity index (χ0n) is 8.62. The third-order valence-corrected chi connectivity index (χ3v) is 1.84. The molecule has 88 valence electrons. The first kappa shape index (κ1) is 12.6. The average Bonchev–Trinajstić information content (AvgIpc) is 2.28. The van der Waals surface area contributed by atoms with Gasteiger partial charge < -0.3 is 15.6 Å². The summed E-state index contributed by atoms with van der Waals surface area (Å²) in [6.07, 6.45) is 3.13. The largest absolute Gasteiger partial charge is 0.490 e. The third-order valence-electron chi connectivity index (χ3n) is 1.84. The number of halogens is 2. The minimum Gasteiger partial charge on any atom is -0.490 e. The van der Waals surface area contributed by atoms with Gasteiger partial charge in [-0.05, 0) is 6.07 Å². The van der Waals surface area contributed by atoms with Crippen molar-refractivity contribution in [3.8, 4) is 5.75 Å². The summed E-state index contributed by atoms with van der Waals surface area (Å²) in [6, 6.07) is 1.97. The van der Waals surface area contributed by atoms with Crippen LogP contribution in [0.25, 0.3) is 6.08 Å². The smallest absolute Gasteiger partial charge is 0.162 e. The second-order valence-corrected chi connectivity index (χ2v) is 3.01. The molecule has 5 heteroatoms. The molecule has 0 heterocycles. The Morgan fingerprint density at radius 2 is 2.00 bits per heavy atom. The van der Waals surface area contributed by atoms with Crippen molar-refractivity contribution >= 4 is 6.08 Å². The van der Waals surface area contributed by atoms with Crippen LogP contribution in [-0.2, 0) is 0 Å². The highest BCUT2D eigenvalue weighted by atomic mass is 19.2. The molecular formula is C11H13F2NO2. The molecular weight excluding hydrogens is 216 g/mol. The quantitative estimate of drug-likeness (QED) is 0.800. The van der Waals surface area contributed by atoms with Crippen molar-refractivity contribution in [1.29, 1.82) is 0 Å². The lowest BCUT2D eigenvalue weighted by Gasteiger charge is -2.08. The fourth-order valence-corrected chi connectivity index (χ4v) is 1.15. The van der Waals surface area contributed by atoms with Gasteiger partial charge in [-0.3, -0.25) is 0 Å². The Bertz CT molecular complexity index is 380. The van der Waals surface area contributed by atoms with E-state index in [4.69, 9.17) is 15.6 Å². The van der Waals surface area contributed by atoms with Gasteiger partial charge in [-0.1, -0.05) is 12.2 Å². The summed E-state index contributed by atoms with van der Waals surface area (Å²) in [6.45, 7) is 0.117. The number of aliphatic hydroxyl groups excluding tert-OH is 1. The molecule has 0 fully saturated rings. The molecule has 0 atom stereocenters. The highest BCUT2D eigenvalue weighted by Crippen LogP contribution is 2.23. The van der Waals surface area contributed by atoms with Crippen molar-refractivity contribution in [3.63, 3.8) is 0 Å². The summed E-state index contributed by atoms with van der Waals surface area (Å²) in [4.78, 5) is 0. The molecule has 0 spiro atoms. The summed E-state index contributed by atoms with van der Waals surface area (Å²) >= 11 is 0. The summed E-state index contributed by atoms with van der Waals surface area (Å²) in [5.41, 5.74) is 5.65. The number of aliphatic hydroxyl groups is 1. The van der Waals surface area contributed by atoms with Gasteiger partial charge in [-0.15, -0.1) is 0 Å². The summed E-state index contributed by atoms with van der Waals surface area (Å²) in [7, 11) is 0. The van der Waals surface area contributed by atoms with Crippen molar-refractivity contribution in [3.05, 3.63) is 35.4 Å². The zero-order valence-corrected chi connectivity index (χ0v) is 8.62. The van der Waals surface area contributed by atoms with Crippen LogP contribution in [0, 0.1) is 11.6 Å². The monoisotopic (exact) mass is 229 g/mol. The molecule has 1 aromatic rings. The Hall–Kier alpha value is -1.46. The molecule has 0 aromatic heterocycles. The molecule has 0 aliphatic carbocycles. The van der Waals surface area contributed by atoms with E-state index in [1.807, 2.05) is 0 Å². The molecule has 0 bridgehead atoms. The van der Waals surface area contributed by atoms with Crippen LogP contribution in [0.4, 0.5) is 8.78 Å². The van der Waals surface area contributed by atoms with Crippen LogP contribution in [0.5, 0.6) is 5.75 Å². The molecule has 0 aliphatic heterocycles. The molecule has 1 aromatic carbocycles. The normalized spacial score (nSPS) is 11.0. The van der Waals surface area contributed by atoms with Gasteiger partial charge in [0.15, 0.2) is 11.6 Å². The Morgan fingerprint density at radius 3 is 2.62 bits per heavy atom. The minimum absolute atomic E-state index is 0.0224. The fourth-order valence-electron chi connectivity index (χ4n) is 1.15. The lowest BCUT2D eigenvalue weighted by Crippen LogP contribution is -2.04. The van der Waals surface area contributed by atoms with Crippen LogP contribution in [0.2, 0.25) is 0 Å². The van der Waals surface area contributed by atoms with E-state index in [9.17, 15) is 8.78 Å². The number of hydrogen-bond donors (Lipinski definition) is 2. The molecule has 0 saturated carbocycles. The maximum Gasteiger partial charge on any atom is 0.162 e. The van der Waals surface area contributed by atoms with Crippen molar-refractivity contribution in [2.45, 2.75) is 0 Å². The highest BCUT2D eigenvalue weighted by molar-refractivity contribution is 5.57. The van der Waals surface area contributed by atoms with Gasteiger partial charge >= 0.3 is 0 Å². The Balaban J connectivity index is 3.01. The first-order chi connectivity index (χ1) is 7.69. The maximum absolute atomic E-state index is 13.0. The molecule has 3 N–H and O–H groups in total. The van der Waals surface area contributed by atoms with Crippen molar-refractivity contribution in [2.24, 2.45) is 5.73 Å². The van der Waals surface area contributed by atoms with E-state index in [1.165, 1.54) is 6.08 Å². The SMILES string of the molecule is NC/C=C/c1cc(F)c(F)cc1OCCO. The van der Waals surface area contributed by atoms with Gasteiger partial charge in [-0.25, -0.2) is 8.78 Å². The van der Waals surface area contributed by atoms with Gasteiger partial charge in [0.2, 0.25) is 0 Å². The van der Waals surface area contributed by atoms with Crippen LogP contribution in [-0.4, -0.2) is 24.9 Å². The number of hydrogen-bond acceptors (Lipinski definition) is 3. The van der Waals surface area contributed by atoms with E-state index in [-0.39, 0.29) is 19.0 Å². The second kappa shape index (κ2) is 6.19. The van der Waals surface area contributed by atoms with Crippen molar-refractivity contribution in [2.75, 3.05) is 19.8 Å². The van der Waals surface area contributed by atoms with E-state index in [0.717, 1.165) is 12.1 Å². The second-order valence-electron chi connectivity index (χ2n) is 3.01. The zero-order chi connectivity index (χ0) is 12.0. The molecule has 1 rings (SSSR count). The topological polar surface area (TPSA) is 55.5 Å². The van der Waals surface area contributed by atoms with Gasteiger partial charge in [0, 0.05) is 18.2 Å². The van der Waals surface area contributed by atoms with Crippen LogP contribution in [0.15, 0.2) is 18.2 Å². The third kappa shape index (κ3) is 3.29. The number of ether oxygens (including phenoxy) is 1. The predicted octanol–water partition coefficient (Wildman–Crippen LogP) is 1.31. The lowest BCUT2D eigenvalue weighted by molar-refractivity contribution is 0.200. The Labute approximate surface area is 92.1 Å². The molecule has 0 radical (unpaired) electrons. The van der Waals surface area contributed by atoms with E-state index < -0.39 is 11.6 Å². The molecule has 0 saturated heterocycles. The van der Waals surface area contributed by atoms with Gasteiger partial charge in [0.05, 0.1) is 6.61 Å². The van der Waals surface area contributed by atoms with Crippen LogP contribution in [0.3, 0.4) is 0 Å². The molecule has 0 amide bonds. The molecule has 0 unspecified atom stereocenters. The molecule has 3 nitrogen and oxygen atoms in total. The van der Waals surface area contributed by atoms with Gasteiger partial charge in [0.25, 0.3) is 0 Å². The van der Waals surface area contributed by atoms with Crippen LogP contribution >= 0.6 is 0 Å². The van der Waals surface area contributed by atoms with Crippen molar-refractivity contribution < 1.29 is 18.6 Å². The predicted molar refractivity (Wildman–Crippen MR) is 57.0 cm³/mol. The van der Waals surface area contributed by atoms with E-state index >= 15 is 0 Å². The lowest BCUT2D eigenvalue weighted by atomic mass is 10.1. The van der Waals surface area contributed by atoms with Crippen LogP contribution < -0.4 is 10.5 Å². The minimum atomic E-state index is -0.988. The molecule has 0 aliphatic rings. The number of nitrogens with two attached hydrogens (primary N) is 1. The van der Waals surface area contributed by atoms with Gasteiger partial charge in [-0.2, -0.15) is 0 Å². The van der Waals surface area contributed by atoms with Crippen molar-refractivity contribution in [1.82, 2.24) is 0 Å². The maximum atomic E-state index is 13.0. The molecule has 16 heavy (non-hydrogen) atoms. The standard InChI is InChI=1S/C11H13F2NO2/c12-9-6-8(2-1-3-14)11(7-10(9)13)16-5-4-15/h1-2,6-7,15H,3-5,14H2/b2-1+. The first-order valence-corrected chi connectivity index (χ1v) is 4.78. The van der Waals surface area contributed by atoms with E-state index in [2.05, 4.69) is 0 Å². The number of rotatable bonds is 5. The highest BCUT2D eigenvalue weighted by Gasteiger charge is 2.08. The summed E-state index contributed by atoms with van der Waals surface area (Å²) < 4.78 is 31.0. The average molecular weight is 229 g/mol. The Morgan fingerprint density at radius 1 is 1.31 bits per heavy atom. The van der Waals surface area contributed by atoms with Crippen LogP contribution in [0.1, 0.15) is 5.56 Å². The number of benzene rings is 1. The van der Waals surface area contributed by atoms with E-state index in [0.29, 0.717) is 12.1 Å². The Kier molecular flexibility index (Phi) is 4.88. The van der Waals surface area contributed by atoms with Gasteiger partial charge in [0.1, 0.15) is 12.4 Å².